The first-order valence-electron chi connectivity index (χ1n) is 9.21. The molecule has 0 saturated heterocycles. The van der Waals surface area contributed by atoms with Crippen LogP contribution in [-0.2, 0) is 16.0 Å². The summed E-state index contributed by atoms with van der Waals surface area (Å²) in [6.07, 6.45) is -0.0215. The van der Waals surface area contributed by atoms with Gasteiger partial charge in [-0.25, -0.2) is 13.2 Å². The number of carbonyl (C=O) groups excluding carboxylic acids is 1. The number of carbonyl (C=O) groups is 1. The third kappa shape index (κ3) is 6.68. The number of hydrogen-bond donors (Lipinski definition) is 1. The monoisotopic (exact) mass is 393 g/mol. The van der Waals surface area contributed by atoms with Crippen molar-refractivity contribution in [1.82, 2.24) is 5.32 Å². The highest BCUT2D eigenvalue weighted by molar-refractivity contribution is 5.70. The van der Waals surface area contributed by atoms with E-state index in [1.54, 1.807) is 20.8 Å². The van der Waals surface area contributed by atoms with Gasteiger partial charge in [-0.15, -0.1) is 0 Å². The molecule has 28 heavy (non-hydrogen) atoms. The first-order chi connectivity index (χ1) is 13.0. The minimum atomic E-state index is -1.24. The summed E-state index contributed by atoms with van der Waals surface area (Å²) in [6, 6.07) is 10.2. The lowest BCUT2D eigenvalue weighted by molar-refractivity contribution is -0.155. The van der Waals surface area contributed by atoms with E-state index in [0.717, 1.165) is 11.6 Å². The fourth-order valence-electron chi connectivity index (χ4n) is 2.95. The molecule has 0 aliphatic heterocycles. The van der Waals surface area contributed by atoms with Crippen LogP contribution in [0, 0.1) is 17.5 Å². The number of benzene rings is 2. The van der Waals surface area contributed by atoms with Gasteiger partial charge in [0.1, 0.15) is 11.4 Å². The van der Waals surface area contributed by atoms with Gasteiger partial charge in [0.05, 0.1) is 6.42 Å². The van der Waals surface area contributed by atoms with E-state index in [0.29, 0.717) is 6.07 Å². The van der Waals surface area contributed by atoms with Gasteiger partial charge in [-0.2, -0.15) is 0 Å². The van der Waals surface area contributed by atoms with Crippen LogP contribution in [0.5, 0.6) is 0 Å². The topological polar surface area (TPSA) is 38.3 Å². The van der Waals surface area contributed by atoms with Crippen LogP contribution in [0.15, 0.2) is 42.5 Å². The van der Waals surface area contributed by atoms with Crippen molar-refractivity contribution in [2.45, 2.75) is 58.2 Å². The summed E-state index contributed by atoms with van der Waals surface area (Å²) in [5.74, 6) is -3.66. The minimum absolute atomic E-state index is 0.000204. The molecular weight excluding hydrogens is 367 g/mol. The van der Waals surface area contributed by atoms with Gasteiger partial charge in [0, 0.05) is 18.2 Å². The van der Waals surface area contributed by atoms with Crippen molar-refractivity contribution in [3.8, 4) is 0 Å². The Labute approximate surface area is 163 Å². The number of esters is 1. The number of ether oxygens (including phenoxy) is 1. The second-order valence-corrected chi connectivity index (χ2v) is 7.85. The van der Waals surface area contributed by atoms with Crippen LogP contribution in [0.3, 0.4) is 0 Å². The Morgan fingerprint density at radius 1 is 1.04 bits per heavy atom. The molecule has 0 aliphatic rings. The third-order valence-electron chi connectivity index (χ3n) is 4.17. The smallest absolute Gasteiger partial charge is 0.307 e. The molecule has 2 aromatic rings. The van der Waals surface area contributed by atoms with Crippen LogP contribution in [0.25, 0.3) is 0 Å². The third-order valence-corrected chi connectivity index (χ3v) is 4.17. The Balaban J connectivity index is 2.20. The molecule has 2 aromatic carbocycles. The number of rotatable bonds is 7. The summed E-state index contributed by atoms with van der Waals surface area (Å²) in [5, 5.41) is 3.28. The van der Waals surface area contributed by atoms with Gasteiger partial charge in [-0.3, -0.25) is 4.79 Å². The second kappa shape index (κ2) is 9.24. The Hall–Kier alpha value is -2.34. The first-order valence-corrected chi connectivity index (χ1v) is 9.21. The van der Waals surface area contributed by atoms with Crippen LogP contribution >= 0.6 is 0 Å². The van der Waals surface area contributed by atoms with Gasteiger partial charge in [0.25, 0.3) is 0 Å². The van der Waals surface area contributed by atoms with Crippen molar-refractivity contribution < 1.29 is 22.7 Å². The zero-order chi connectivity index (χ0) is 20.9. The predicted molar refractivity (Wildman–Crippen MR) is 102 cm³/mol. The lowest BCUT2D eigenvalue weighted by Gasteiger charge is -2.26. The average molecular weight is 393 g/mol. The van der Waals surface area contributed by atoms with Crippen molar-refractivity contribution in [3.63, 3.8) is 0 Å². The summed E-state index contributed by atoms with van der Waals surface area (Å²) in [6.45, 7) is 7.19. The van der Waals surface area contributed by atoms with Crippen molar-refractivity contribution in [2.24, 2.45) is 0 Å². The van der Waals surface area contributed by atoms with E-state index in [2.05, 4.69) is 5.32 Å². The Morgan fingerprint density at radius 2 is 1.64 bits per heavy atom. The molecule has 0 saturated carbocycles. The maximum atomic E-state index is 14.1. The van der Waals surface area contributed by atoms with Crippen LogP contribution in [0.1, 0.15) is 51.3 Å². The quantitative estimate of drug-likeness (QED) is 0.526. The molecule has 2 unspecified atom stereocenters. The Bertz CT molecular complexity index is 803. The van der Waals surface area contributed by atoms with Crippen molar-refractivity contribution in [2.75, 3.05) is 0 Å². The summed E-state index contributed by atoms with van der Waals surface area (Å²) in [7, 11) is 0. The number of nitrogens with one attached hydrogen (secondary N) is 1. The summed E-state index contributed by atoms with van der Waals surface area (Å²) >= 11 is 0. The van der Waals surface area contributed by atoms with Crippen LogP contribution < -0.4 is 5.32 Å². The van der Waals surface area contributed by atoms with E-state index in [4.69, 9.17) is 4.74 Å². The SMILES string of the molecule is CC(NC(CC(=O)OC(C)(C)C)Cc1cc(F)c(F)cc1F)c1ccccc1. The zero-order valence-corrected chi connectivity index (χ0v) is 16.6. The van der Waals surface area contributed by atoms with Crippen LogP contribution in [0.2, 0.25) is 0 Å². The lowest BCUT2D eigenvalue weighted by Crippen LogP contribution is -2.37. The standard InChI is InChI=1S/C22H26F3NO2/c1-14(15-8-6-5-7-9-15)26-17(12-21(27)28-22(2,3)4)10-16-11-19(24)20(25)13-18(16)23/h5-9,11,13-14,17,26H,10,12H2,1-4H3. The molecule has 0 aliphatic carbocycles. The molecule has 152 valence electrons. The highest BCUT2D eigenvalue weighted by atomic mass is 19.2. The summed E-state index contributed by atoms with van der Waals surface area (Å²) < 4.78 is 46.3. The molecular formula is C22H26F3NO2. The molecule has 0 fully saturated rings. The lowest BCUT2D eigenvalue weighted by atomic mass is 9.99. The summed E-state index contributed by atoms with van der Waals surface area (Å²) in [4.78, 5) is 12.3. The van der Waals surface area contributed by atoms with Crippen LogP contribution in [0.4, 0.5) is 13.2 Å². The van der Waals surface area contributed by atoms with Gasteiger partial charge in [-0.05, 0) is 51.3 Å². The zero-order valence-electron chi connectivity index (χ0n) is 16.6. The molecule has 2 rings (SSSR count). The average Bonchev–Trinajstić information content (AvgIpc) is 2.58. The molecule has 2 atom stereocenters. The van der Waals surface area contributed by atoms with E-state index in [9.17, 15) is 18.0 Å². The fraction of sp³-hybridized carbons (Fsp3) is 0.409. The van der Waals surface area contributed by atoms with Gasteiger partial charge < -0.3 is 10.1 Å². The van der Waals surface area contributed by atoms with Gasteiger partial charge in [0.15, 0.2) is 11.6 Å². The molecule has 6 heteroatoms. The molecule has 0 radical (unpaired) electrons. The molecule has 0 spiro atoms. The minimum Gasteiger partial charge on any atom is -0.460 e. The molecule has 0 heterocycles. The van der Waals surface area contributed by atoms with Gasteiger partial charge in [0.2, 0.25) is 0 Å². The molecule has 3 nitrogen and oxygen atoms in total. The molecule has 0 bridgehead atoms. The Morgan fingerprint density at radius 3 is 2.25 bits per heavy atom. The number of halogens is 3. The maximum absolute atomic E-state index is 14.1. The summed E-state index contributed by atoms with van der Waals surface area (Å²) in [5.41, 5.74) is 0.336. The van der Waals surface area contributed by atoms with Crippen molar-refractivity contribution in [3.05, 3.63) is 71.0 Å². The van der Waals surface area contributed by atoms with E-state index >= 15 is 0 Å². The molecule has 1 N–H and O–H groups in total. The normalized spacial score (nSPS) is 13.8. The predicted octanol–water partition coefficient (Wildman–Crippen LogP) is 5.10. The highest BCUT2D eigenvalue weighted by Crippen LogP contribution is 2.20. The highest BCUT2D eigenvalue weighted by Gasteiger charge is 2.24. The van der Waals surface area contributed by atoms with E-state index < -0.39 is 35.1 Å². The van der Waals surface area contributed by atoms with Crippen molar-refractivity contribution >= 4 is 5.97 Å². The van der Waals surface area contributed by atoms with E-state index in [1.807, 2.05) is 37.3 Å². The Kier molecular flexibility index (Phi) is 7.24. The first kappa shape index (κ1) is 22.0. The maximum Gasteiger partial charge on any atom is 0.307 e. The van der Waals surface area contributed by atoms with Gasteiger partial charge in [-0.1, -0.05) is 30.3 Å². The fourth-order valence-corrected chi connectivity index (χ4v) is 2.95. The second-order valence-electron chi connectivity index (χ2n) is 7.85. The van der Waals surface area contributed by atoms with Gasteiger partial charge >= 0.3 is 5.97 Å². The van der Waals surface area contributed by atoms with Crippen LogP contribution in [-0.4, -0.2) is 17.6 Å². The van der Waals surface area contributed by atoms with Crippen molar-refractivity contribution in [1.29, 1.82) is 0 Å². The van der Waals surface area contributed by atoms with E-state index in [-0.39, 0.29) is 24.4 Å². The molecule has 0 amide bonds. The molecule has 0 aromatic heterocycles. The largest absolute Gasteiger partial charge is 0.460 e. The number of hydrogen-bond acceptors (Lipinski definition) is 3. The van der Waals surface area contributed by atoms with E-state index in [1.165, 1.54) is 0 Å².